The molecule has 1 unspecified atom stereocenters. The van der Waals surface area contributed by atoms with E-state index in [0.717, 1.165) is 16.2 Å². The number of aryl methyl sites for hydroxylation is 1. The van der Waals surface area contributed by atoms with Crippen LogP contribution >= 0.6 is 0 Å². The molecule has 0 radical (unpaired) electrons. The normalized spacial score (nSPS) is 18.2. The minimum absolute atomic E-state index is 0.0126. The van der Waals surface area contributed by atoms with Gasteiger partial charge in [-0.15, -0.1) is 0 Å². The molecule has 0 saturated carbocycles. The van der Waals surface area contributed by atoms with Gasteiger partial charge in [0.25, 0.3) is 11.8 Å². The van der Waals surface area contributed by atoms with Crippen molar-refractivity contribution in [3.8, 4) is 6.07 Å². The van der Waals surface area contributed by atoms with Crippen LogP contribution in [0.25, 0.3) is 0 Å². The Balaban J connectivity index is 1.21. The van der Waals surface area contributed by atoms with Crippen molar-refractivity contribution in [2.24, 2.45) is 0 Å². The second kappa shape index (κ2) is 11.0. The summed E-state index contributed by atoms with van der Waals surface area (Å²) in [6.45, 7) is 0.540. The van der Waals surface area contributed by atoms with Gasteiger partial charge in [0, 0.05) is 43.7 Å². The van der Waals surface area contributed by atoms with Gasteiger partial charge in [0.15, 0.2) is 0 Å². The van der Waals surface area contributed by atoms with Gasteiger partial charge in [-0.3, -0.25) is 34.2 Å². The molecule has 40 heavy (non-hydrogen) atoms. The van der Waals surface area contributed by atoms with Gasteiger partial charge in [0.05, 0.1) is 17.2 Å². The zero-order chi connectivity index (χ0) is 28.4. The van der Waals surface area contributed by atoms with E-state index in [1.54, 1.807) is 23.1 Å². The van der Waals surface area contributed by atoms with Gasteiger partial charge in [0.1, 0.15) is 6.04 Å². The summed E-state index contributed by atoms with van der Waals surface area (Å²) in [6.07, 6.45) is 1.97. The number of hydrogen-bond donors (Lipinski definition) is 3. The maximum absolute atomic E-state index is 13.0. The van der Waals surface area contributed by atoms with Gasteiger partial charge in [-0.05, 0) is 60.7 Å². The average molecular weight is 543 g/mol. The van der Waals surface area contributed by atoms with Crippen LogP contribution in [0.3, 0.4) is 0 Å². The van der Waals surface area contributed by atoms with Crippen molar-refractivity contribution in [2.45, 2.75) is 51.1 Å². The lowest BCUT2D eigenvalue weighted by Gasteiger charge is -2.29. The number of fused-ring (bicyclic) bond motifs is 2. The molecule has 204 valence electrons. The molecule has 1 saturated heterocycles. The van der Waals surface area contributed by atoms with Gasteiger partial charge in [0.2, 0.25) is 17.7 Å². The predicted molar refractivity (Wildman–Crippen MR) is 141 cm³/mol. The number of carbonyl (C=O) groups excluding carboxylic acids is 6. The first-order valence-electron chi connectivity index (χ1n) is 13.0. The van der Waals surface area contributed by atoms with Crippen LogP contribution in [-0.4, -0.2) is 53.1 Å². The Morgan fingerprint density at radius 2 is 1.80 bits per heavy atom. The van der Waals surface area contributed by atoms with Crippen LogP contribution < -0.4 is 20.9 Å². The number of nitriles is 1. The number of amides is 7. The van der Waals surface area contributed by atoms with E-state index in [2.05, 4.69) is 22.0 Å². The van der Waals surface area contributed by atoms with Gasteiger partial charge >= 0.3 is 6.03 Å². The number of hydrogen-bond acceptors (Lipinski definition) is 7. The highest BCUT2D eigenvalue weighted by molar-refractivity contribution is 6.23. The molecular weight excluding hydrogens is 516 g/mol. The Morgan fingerprint density at radius 1 is 1.00 bits per heavy atom. The SMILES string of the molecule is N#CCCCN1C(=O)CCc2cc(NC(=O)NCc3ccc4c(c3)C(=O)N(C3CCC(=O)NC3=O)C4=O)ccc21. The van der Waals surface area contributed by atoms with Crippen molar-refractivity contribution < 1.29 is 28.8 Å². The third-order valence-electron chi connectivity index (χ3n) is 7.16. The van der Waals surface area contributed by atoms with Crippen LogP contribution in [0, 0.1) is 11.3 Å². The summed E-state index contributed by atoms with van der Waals surface area (Å²) >= 11 is 0. The molecule has 2 aromatic carbocycles. The van der Waals surface area contributed by atoms with Crippen LogP contribution in [0.15, 0.2) is 36.4 Å². The van der Waals surface area contributed by atoms with Gasteiger partial charge in [-0.1, -0.05) is 6.07 Å². The number of piperidine rings is 1. The monoisotopic (exact) mass is 542 g/mol. The fourth-order valence-electron chi connectivity index (χ4n) is 5.18. The summed E-state index contributed by atoms with van der Waals surface area (Å²) in [6, 6.07) is 10.5. The summed E-state index contributed by atoms with van der Waals surface area (Å²) in [5, 5.41) is 16.4. The molecular formula is C28H26N6O6. The molecule has 2 aromatic rings. The zero-order valence-corrected chi connectivity index (χ0v) is 21.5. The summed E-state index contributed by atoms with van der Waals surface area (Å²) in [7, 11) is 0. The standard InChI is InChI=1S/C28H26N6O6/c29-11-1-2-12-33-21-7-5-18(14-17(21)4-10-24(33)36)31-28(40)30-15-16-3-6-19-20(13-16)27(39)34(26(19)38)22-8-9-23(35)32-25(22)37/h3,5-7,13-14,22H,1-2,4,8-10,12,15H2,(H2,30,31,40)(H,32,35,37). The van der Waals surface area contributed by atoms with Crippen molar-refractivity contribution >= 4 is 46.9 Å². The molecule has 3 aliphatic heterocycles. The van der Waals surface area contributed by atoms with E-state index in [1.807, 2.05) is 6.07 Å². The first-order chi connectivity index (χ1) is 19.3. The van der Waals surface area contributed by atoms with Crippen LogP contribution in [0.2, 0.25) is 0 Å². The molecule has 5 rings (SSSR count). The number of unbranched alkanes of at least 4 members (excludes halogenated alkanes) is 1. The minimum Gasteiger partial charge on any atom is -0.334 e. The molecule has 1 atom stereocenters. The Kier molecular flexibility index (Phi) is 7.29. The fraction of sp³-hybridized carbons (Fsp3) is 0.321. The van der Waals surface area contributed by atoms with Crippen LogP contribution in [-0.2, 0) is 27.3 Å². The summed E-state index contributed by atoms with van der Waals surface area (Å²) in [4.78, 5) is 77.1. The number of imide groups is 2. The number of anilines is 2. The van der Waals surface area contributed by atoms with Crippen molar-refractivity contribution in [1.82, 2.24) is 15.5 Å². The number of nitrogens with one attached hydrogen (secondary N) is 3. The molecule has 0 bridgehead atoms. The van der Waals surface area contributed by atoms with Crippen molar-refractivity contribution in [2.75, 3.05) is 16.8 Å². The lowest BCUT2D eigenvalue weighted by atomic mass is 10.00. The van der Waals surface area contributed by atoms with E-state index in [0.29, 0.717) is 43.5 Å². The predicted octanol–water partition coefficient (Wildman–Crippen LogP) is 1.99. The van der Waals surface area contributed by atoms with Crippen molar-refractivity contribution in [3.63, 3.8) is 0 Å². The highest BCUT2D eigenvalue weighted by Crippen LogP contribution is 2.31. The smallest absolute Gasteiger partial charge is 0.319 e. The fourth-order valence-corrected chi connectivity index (χ4v) is 5.18. The molecule has 3 N–H and O–H groups in total. The summed E-state index contributed by atoms with van der Waals surface area (Å²) in [5.41, 5.74) is 3.14. The topological polar surface area (TPSA) is 169 Å². The van der Waals surface area contributed by atoms with E-state index >= 15 is 0 Å². The molecule has 3 heterocycles. The number of rotatable bonds is 7. The zero-order valence-electron chi connectivity index (χ0n) is 21.5. The van der Waals surface area contributed by atoms with Gasteiger partial charge in [-0.25, -0.2) is 4.79 Å². The minimum atomic E-state index is -1.04. The Morgan fingerprint density at radius 3 is 2.58 bits per heavy atom. The first kappa shape index (κ1) is 26.6. The number of benzene rings is 2. The largest absolute Gasteiger partial charge is 0.334 e. The van der Waals surface area contributed by atoms with Crippen molar-refractivity contribution in [3.05, 3.63) is 58.7 Å². The van der Waals surface area contributed by atoms with Crippen LogP contribution in [0.4, 0.5) is 16.2 Å². The van der Waals surface area contributed by atoms with E-state index < -0.39 is 35.7 Å². The highest BCUT2D eigenvalue weighted by Gasteiger charge is 2.44. The summed E-state index contributed by atoms with van der Waals surface area (Å²) < 4.78 is 0. The van der Waals surface area contributed by atoms with Gasteiger partial charge in [-0.2, -0.15) is 5.26 Å². The summed E-state index contributed by atoms with van der Waals surface area (Å²) in [5.74, 6) is -2.31. The van der Waals surface area contributed by atoms with E-state index in [4.69, 9.17) is 5.26 Å². The molecule has 12 heteroatoms. The van der Waals surface area contributed by atoms with Crippen LogP contribution in [0.1, 0.15) is 63.9 Å². The number of carbonyl (C=O) groups is 6. The second-order valence-electron chi connectivity index (χ2n) is 9.79. The second-order valence-corrected chi connectivity index (χ2v) is 9.79. The van der Waals surface area contributed by atoms with Crippen molar-refractivity contribution in [1.29, 1.82) is 5.26 Å². The number of urea groups is 1. The molecule has 3 aliphatic rings. The van der Waals surface area contributed by atoms with Crippen LogP contribution in [0.5, 0.6) is 0 Å². The Labute approximate surface area is 229 Å². The average Bonchev–Trinajstić information content (AvgIpc) is 3.18. The lowest BCUT2D eigenvalue weighted by Crippen LogP contribution is -2.54. The maximum atomic E-state index is 13.0. The highest BCUT2D eigenvalue weighted by atomic mass is 16.2. The maximum Gasteiger partial charge on any atom is 0.319 e. The molecule has 0 aliphatic carbocycles. The van der Waals surface area contributed by atoms with E-state index in [-0.39, 0.29) is 36.4 Å². The molecule has 7 amide bonds. The molecule has 1 fully saturated rings. The van der Waals surface area contributed by atoms with E-state index in [1.165, 1.54) is 12.1 Å². The van der Waals surface area contributed by atoms with E-state index in [9.17, 15) is 28.8 Å². The third-order valence-corrected chi connectivity index (χ3v) is 7.16. The Hall–Kier alpha value is -5.05. The number of nitrogens with zero attached hydrogens (tertiary/aromatic N) is 3. The quantitative estimate of drug-likeness (QED) is 0.355. The molecule has 0 aromatic heterocycles. The van der Waals surface area contributed by atoms with Gasteiger partial charge < -0.3 is 15.5 Å². The first-order valence-corrected chi connectivity index (χ1v) is 13.0. The lowest BCUT2D eigenvalue weighted by molar-refractivity contribution is -0.136. The molecule has 12 nitrogen and oxygen atoms in total. The Bertz CT molecular complexity index is 1490. The molecule has 0 spiro atoms. The third kappa shape index (κ3) is 5.13.